The largest absolute Gasteiger partial charge is 0.481 e. The van der Waals surface area contributed by atoms with Gasteiger partial charge < -0.3 is 25.6 Å². The third-order valence-electron chi connectivity index (χ3n) is 1.94. The van der Waals surface area contributed by atoms with Gasteiger partial charge in [0.15, 0.2) is 6.10 Å². The van der Waals surface area contributed by atoms with Crippen LogP contribution in [0.15, 0.2) is 18.3 Å². The number of pyridine rings is 1. The fourth-order valence-electron chi connectivity index (χ4n) is 1.03. The van der Waals surface area contributed by atoms with E-state index in [0.29, 0.717) is 11.6 Å². The van der Waals surface area contributed by atoms with Crippen molar-refractivity contribution in [2.45, 2.75) is 6.10 Å². The molecule has 1 aromatic rings. The number of carboxylic acids is 1. The van der Waals surface area contributed by atoms with Gasteiger partial charge in [0, 0.05) is 6.07 Å². The highest BCUT2D eigenvalue weighted by Gasteiger charge is 2.13. The number of rotatable bonds is 5. The van der Waals surface area contributed by atoms with Crippen LogP contribution < -0.4 is 15.4 Å². The number of nitrogens with zero attached hydrogens (tertiary/aromatic N) is 1. The van der Waals surface area contributed by atoms with Crippen LogP contribution in [0, 0.1) is 0 Å². The Labute approximate surface area is 103 Å². The Kier molecular flexibility index (Phi) is 4.88. The Bertz CT molecular complexity index is 420. The molecule has 2 amide bonds. The molecule has 8 heteroatoms. The molecular weight excluding hydrogens is 242 g/mol. The van der Waals surface area contributed by atoms with E-state index in [9.17, 15) is 9.59 Å². The lowest BCUT2D eigenvalue weighted by molar-refractivity contribution is -0.146. The van der Waals surface area contributed by atoms with Gasteiger partial charge in [-0.05, 0) is 6.07 Å². The van der Waals surface area contributed by atoms with Crippen LogP contribution in [0.25, 0.3) is 0 Å². The molecule has 8 nitrogen and oxygen atoms in total. The van der Waals surface area contributed by atoms with E-state index >= 15 is 0 Å². The molecule has 98 valence electrons. The fraction of sp³-hybridized carbons (Fsp3) is 0.300. The fourth-order valence-corrected chi connectivity index (χ4v) is 1.03. The van der Waals surface area contributed by atoms with Gasteiger partial charge in [-0.3, -0.25) is 0 Å². The molecular formula is C10H13N3O5. The zero-order valence-corrected chi connectivity index (χ0v) is 9.58. The molecule has 0 unspecified atom stereocenters. The standard InChI is InChI=1S/C10H13N3O5/c1-18-8-3-2-6(4-11-8)13-10(17)12-5-7(14)9(15)16/h2-4,7,14H,5H2,1H3,(H,15,16)(H2,12,13,17)/t7-/m0/s1. The van der Waals surface area contributed by atoms with Crippen LogP contribution in [-0.4, -0.2) is 47.0 Å². The summed E-state index contributed by atoms with van der Waals surface area (Å²) in [6.45, 7) is -0.384. The molecule has 18 heavy (non-hydrogen) atoms. The Hall–Kier alpha value is -2.35. The Morgan fingerprint density at radius 3 is 2.72 bits per heavy atom. The first-order valence-electron chi connectivity index (χ1n) is 4.98. The number of carbonyl (C=O) groups excluding carboxylic acids is 1. The molecule has 1 heterocycles. The average molecular weight is 255 g/mol. The highest BCUT2D eigenvalue weighted by molar-refractivity contribution is 5.89. The summed E-state index contributed by atoms with van der Waals surface area (Å²) in [7, 11) is 1.47. The van der Waals surface area contributed by atoms with E-state index in [2.05, 4.69) is 15.6 Å². The summed E-state index contributed by atoms with van der Waals surface area (Å²) in [5.41, 5.74) is 0.415. The molecule has 0 aliphatic carbocycles. The molecule has 0 aromatic carbocycles. The lowest BCUT2D eigenvalue weighted by Gasteiger charge is -2.09. The Morgan fingerprint density at radius 1 is 1.50 bits per heavy atom. The molecule has 0 saturated carbocycles. The van der Waals surface area contributed by atoms with E-state index in [-0.39, 0.29) is 6.54 Å². The van der Waals surface area contributed by atoms with Crippen molar-refractivity contribution in [1.29, 1.82) is 0 Å². The molecule has 0 aliphatic rings. The number of aliphatic hydroxyl groups excluding tert-OH is 1. The summed E-state index contributed by atoms with van der Waals surface area (Å²) in [5.74, 6) is -0.997. The molecule has 0 radical (unpaired) electrons. The van der Waals surface area contributed by atoms with Crippen LogP contribution >= 0.6 is 0 Å². The predicted octanol–water partition coefficient (Wildman–Crippen LogP) is -0.343. The SMILES string of the molecule is COc1ccc(NC(=O)NC[C@H](O)C(=O)O)cn1. The quantitative estimate of drug-likeness (QED) is 0.571. The van der Waals surface area contributed by atoms with Gasteiger partial charge in [-0.25, -0.2) is 14.6 Å². The smallest absolute Gasteiger partial charge is 0.334 e. The Balaban J connectivity index is 2.42. The topological polar surface area (TPSA) is 121 Å². The van der Waals surface area contributed by atoms with E-state index in [1.165, 1.54) is 13.3 Å². The van der Waals surface area contributed by atoms with Gasteiger partial charge in [-0.2, -0.15) is 0 Å². The van der Waals surface area contributed by atoms with Gasteiger partial charge in [0.05, 0.1) is 25.5 Å². The van der Waals surface area contributed by atoms with Crippen molar-refractivity contribution < 1.29 is 24.5 Å². The summed E-state index contributed by atoms with van der Waals surface area (Å²) >= 11 is 0. The summed E-state index contributed by atoms with van der Waals surface area (Å²) in [5, 5.41) is 22.0. The van der Waals surface area contributed by atoms with Crippen LogP contribution in [0.3, 0.4) is 0 Å². The number of nitrogens with one attached hydrogen (secondary N) is 2. The van der Waals surface area contributed by atoms with Gasteiger partial charge in [0.2, 0.25) is 5.88 Å². The van der Waals surface area contributed by atoms with Crippen molar-refractivity contribution in [1.82, 2.24) is 10.3 Å². The molecule has 0 saturated heterocycles. The Morgan fingerprint density at radius 2 is 2.22 bits per heavy atom. The van der Waals surface area contributed by atoms with Crippen molar-refractivity contribution >= 4 is 17.7 Å². The molecule has 0 fully saturated rings. The predicted molar refractivity (Wildman–Crippen MR) is 61.5 cm³/mol. The molecule has 4 N–H and O–H groups in total. The second kappa shape index (κ2) is 6.40. The number of carbonyl (C=O) groups is 2. The zero-order valence-electron chi connectivity index (χ0n) is 9.58. The number of hydrogen-bond donors (Lipinski definition) is 4. The summed E-state index contributed by atoms with van der Waals surface area (Å²) in [6.07, 6.45) is -0.254. The number of methoxy groups -OCH3 is 1. The maximum absolute atomic E-state index is 11.3. The van der Waals surface area contributed by atoms with E-state index in [4.69, 9.17) is 14.9 Å². The number of urea groups is 1. The molecule has 1 aromatic heterocycles. The molecule has 0 spiro atoms. The van der Waals surface area contributed by atoms with Crippen LogP contribution in [0.2, 0.25) is 0 Å². The first kappa shape index (κ1) is 13.7. The second-order valence-electron chi connectivity index (χ2n) is 3.28. The highest BCUT2D eigenvalue weighted by atomic mass is 16.5. The van der Waals surface area contributed by atoms with Crippen LogP contribution in [0.4, 0.5) is 10.5 Å². The lowest BCUT2D eigenvalue weighted by Crippen LogP contribution is -2.38. The van der Waals surface area contributed by atoms with Gasteiger partial charge in [-0.15, -0.1) is 0 Å². The average Bonchev–Trinajstić information content (AvgIpc) is 2.36. The van der Waals surface area contributed by atoms with Gasteiger partial charge >= 0.3 is 12.0 Å². The molecule has 1 rings (SSSR count). The summed E-state index contributed by atoms with van der Waals surface area (Å²) in [6, 6.07) is 2.49. The molecule has 0 aliphatic heterocycles. The van der Waals surface area contributed by atoms with Crippen molar-refractivity contribution in [3.8, 4) is 5.88 Å². The van der Waals surface area contributed by atoms with Crippen LogP contribution in [0.1, 0.15) is 0 Å². The van der Waals surface area contributed by atoms with Gasteiger partial charge in [0.25, 0.3) is 0 Å². The maximum atomic E-state index is 11.3. The number of amides is 2. The summed E-state index contributed by atoms with van der Waals surface area (Å²) < 4.78 is 4.84. The van der Waals surface area contributed by atoms with Gasteiger partial charge in [0.1, 0.15) is 0 Å². The van der Waals surface area contributed by atoms with E-state index in [1.807, 2.05) is 0 Å². The van der Waals surface area contributed by atoms with Crippen molar-refractivity contribution in [2.75, 3.05) is 19.0 Å². The maximum Gasteiger partial charge on any atom is 0.334 e. The first-order valence-corrected chi connectivity index (χ1v) is 4.98. The van der Waals surface area contributed by atoms with E-state index < -0.39 is 18.1 Å². The minimum Gasteiger partial charge on any atom is -0.481 e. The van der Waals surface area contributed by atoms with Crippen LogP contribution in [0.5, 0.6) is 5.88 Å². The van der Waals surface area contributed by atoms with Gasteiger partial charge in [-0.1, -0.05) is 0 Å². The number of aliphatic hydroxyl groups is 1. The minimum absolute atomic E-state index is 0.384. The third kappa shape index (κ3) is 4.26. The zero-order chi connectivity index (χ0) is 13.5. The summed E-state index contributed by atoms with van der Waals surface area (Å²) in [4.78, 5) is 25.5. The number of aromatic nitrogens is 1. The molecule has 0 bridgehead atoms. The lowest BCUT2D eigenvalue weighted by atomic mass is 10.3. The normalized spacial score (nSPS) is 11.4. The number of aliphatic carboxylic acids is 1. The van der Waals surface area contributed by atoms with E-state index in [1.54, 1.807) is 12.1 Å². The monoisotopic (exact) mass is 255 g/mol. The molecule has 1 atom stereocenters. The number of anilines is 1. The first-order chi connectivity index (χ1) is 8.52. The number of hydrogen-bond acceptors (Lipinski definition) is 5. The number of ether oxygens (including phenoxy) is 1. The van der Waals surface area contributed by atoms with Crippen molar-refractivity contribution in [3.05, 3.63) is 18.3 Å². The van der Waals surface area contributed by atoms with Crippen molar-refractivity contribution in [2.24, 2.45) is 0 Å². The minimum atomic E-state index is -1.63. The highest BCUT2D eigenvalue weighted by Crippen LogP contribution is 2.10. The third-order valence-corrected chi connectivity index (χ3v) is 1.94. The van der Waals surface area contributed by atoms with E-state index in [0.717, 1.165) is 0 Å². The van der Waals surface area contributed by atoms with Crippen molar-refractivity contribution in [3.63, 3.8) is 0 Å². The second-order valence-corrected chi connectivity index (χ2v) is 3.28. The number of carboxylic acid groups (broad SMARTS) is 1. The van der Waals surface area contributed by atoms with Crippen LogP contribution in [-0.2, 0) is 4.79 Å².